The molecular formula is C21H23NO6S. The van der Waals surface area contributed by atoms with Crippen molar-refractivity contribution in [3.63, 3.8) is 0 Å². The fraction of sp³-hybridized carbons (Fsp3) is 0.333. The minimum absolute atomic E-state index is 0.0212. The second-order valence-corrected chi connectivity index (χ2v) is 8.71. The molecule has 0 amide bonds. The summed E-state index contributed by atoms with van der Waals surface area (Å²) in [6, 6.07) is 11.6. The van der Waals surface area contributed by atoms with E-state index in [1.54, 1.807) is 18.2 Å². The molecule has 0 aromatic heterocycles. The van der Waals surface area contributed by atoms with Gasteiger partial charge in [0.15, 0.2) is 6.04 Å². The summed E-state index contributed by atoms with van der Waals surface area (Å²) in [6.07, 6.45) is 6.12. The number of carbonyl (C=O) groups excluding carboxylic acids is 1. The van der Waals surface area contributed by atoms with E-state index in [0.29, 0.717) is 11.7 Å². The molecule has 0 bridgehead atoms. The highest BCUT2D eigenvalue weighted by atomic mass is 32.2. The zero-order valence-electron chi connectivity index (χ0n) is 15.8. The van der Waals surface area contributed by atoms with Gasteiger partial charge in [0.05, 0.1) is 0 Å². The third-order valence-corrected chi connectivity index (χ3v) is 6.49. The highest BCUT2D eigenvalue weighted by molar-refractivity contribution is 7.89. The number of ether oxygens (including phenoxy) is 1. The fourth-order valence-corrected chi connectivity index (χ4v) is 4.74. The molecule has 2 N–H and O–H groups in total. The molecule has 3 rings (SSSR count). The van der Waals surface area contributed by atoms with Crippen molar-refractivity contribution in [3.8, 4) is 11.5 Å². The van der Waals surface area contributed by atoms with Gasteiger partial charge >= 0.3 is 5.97 Å². The van der Waals surface area contributed by atoms with Crippen LogP contribution in [0.3, 0.4) is 0 Å². The van der Waals surface area contributed by atoms with Crippen LogP contribution in [0.5, 0.6) is 11.5 Å². The minimum atomic E-state index is -4.28. The molecule has 1 fully saturated rings. The molecule has 1 aliphatic rings. The Labute approximate surface area is 169 Å². The van der Waals surface area contributed by atoms with E-state index in [1.807, 2.05) is 16.9 Å². The topological polar surface area (TPSA) is 110 Å². The van der Waals surface area contributed by atoms with Crippen LogP contribution in [0.15, 0.2) is 53.4 Å². The van der Waals surface area contributed by atoms with Gasteiger partial charge in [-0.15, -0.1) is 0 Å². The molecule has 7 nitrogen and oxygen atoms in total. The molecule has 1 atom stereocenters. The molecule has 2 aromatic carbocycles. The predicted molar refractivity (Wildman–Crippen MR) is 107 cm³/mol. The first kappa shape index (κ1) is 21.0. The Morgan fingerprint density at radius 2 is 1.72 bits per heavy atom. The van der Waals surface area contributed by atoms with Gasteiger partial charge in [-0.25, -0.2) is 8.42 Å². The van der Waals surface area contributed by atoms with Crippen molar-refractivity contribution < 1.29 is 27.9 Å². The van der Waals surface area contributed by atoms with Crippen molar-refractivity contribution in [1.82, 2.24) is 4.72 Å². The third kappa shape index (κ3) is 5.21. The Kier molecular flexibility index (Phi) is 6.66. The summed E-state index contributed by atoms with van der Waals surface area (Å²) in [5, 5.41) is 8.93. The summed E-state index contributed by atoms with van der Waals surface area (Å²) in [5.41, 5.74) is 1.25. The molecule has 2 aromatic rings. The molecule has 8 heteroatoms. The van der Waals surface area contributed by atoms with Gasteiger partial charge in [-0.3, -0.25) is 4.79 Å². The van der Waals surface area contributed by atoms with Gasteiger partial charge in [0.2, 0.25) is 10.0 Å². The SMILES string of the molecule is O=C[C@@H](NS(=O)(=O)c1ccccc1Oc1ccc(C2CCCCC2)cc1)C(=O)O. The number of rotatable bonds is 8. The van der Waals surface area contributed by atoms with Crippen LogP contribution < -0.4 is 9.46 Å². The lowest BCUT2D eigenvalue weighted by Crippen LogP contribution is -2.41. The van der Waals surface area contributed by atoms with Gasteiger partial charge in [-0.1, -0.05) is 43.5 Å². The summed E-state index contributed by atoms with van der Waals surface area (Å²) in [4.78, 5) is 21.6. The van der Waals surface area contributed by atoms with Crippen LogP contribution in [-0.4, -0.2) is 31.8 Å². The molecule has 0 radical (unpaired) electrons. The number of hydrogen-bond acceptors (Lipinski definition) is 5. The van der Waals surface area contributed by atoms with Crippen molar-refractivity contribution in [3.05, 3.63) is 54.1 Å². The van der Waals surface area contributed by atoms with Gasteiger partial charge in [-0.05, 0) is 48.6 Å². The number of carbonyl (C=O) groups is 2. The second-order valence-electron chi connectivity index (χ2n) is 7.03. The number of nitrogens with one attached hydrogen (secondary N) is 1. The van der Waals surface area contributed by atoms with Crippen molar-refractivity contribution >= 4 is 22.3 Å². The maximum absolute atomic E-state index is 12.6. The van der Waals surface area contributed by atoms with Gasteiger partial charge in [0.25, 0.3) is 0 Å². The van der Waals surface area contributed by atoms with E-state index in [0.717, 1.165) is 0 Å². The molecule has 0 spiro atoms. The highest BCUT2D eigenvalue weighted by Crippen LogP contribution is 2.34. The van der Waals surface area contributed by atoms with E-state index >= 15 is 0 Å². The zero-order valence-corrected chi connectivity index (χ0v) is 16.6. The smallest absolute Gasteiger partial charge is 0.329 e. The molecular weight excluding hydrogens is 394 g/mol. The summed E-state index contributed by atoms with van der Waals surface area (Å²) in [6.45, 7) is 0. The van der Waals surface area contributed by atoms with Crippen LogP contribution in [0.4, 0.5) is 0 Å². The summed E-state index contributed by atoms with van der Waals surface area (Å²) < 4.78 is 32.7. The van der Waals surface area contributed by atoms with Crippen molar-refractivity contribution in [1.29, 1.82) is 0 Å². The van der Waals surface area contributed by atoms with Gasteiger partial charge < -0.3 is 14.6 Å². The Balaban J connectivity index is 1.80. The normalized spacial score (nSPS) is 16.1. The van der Waals surface area contributed by atoms with Crippen LogP contribution in [0.25, 0.3) is 0 Å². The number of para-hydroxylation sites is 1. The first-order chi connectivity index (χ1) is 13.9. The Morgan fingerprint density at radius 3 is 2.34 bits per heavy atom. The van der Waals surface area contributed by atoms with Gasteiger partial charge in [-0.2, -0.15) is 4.72 Å². The van der Waals surface area contributed by atoms with E-state index in [-0.39, 0.29) is 16.9 Å². The van der Waals surface area contributed by atoms with Crippen LogP contribution in [0, 0.1) is 0 Å². The van der Waals surface area contributed by atoms with Crippen molar-refractivity contribution in [2.45, 2.75) is 49.0 Å². The minimum Gasteiger partial charge on any atom is -0.480 e. The largest absolute Gasteiger partial charge is 0.480 e. The average molecular weight is 417 g/mol. The standard InChI is InChI=1S/C21H23NO6S/c23-14-18(21(24)25)22-29(26,27)20-9-5-4-8-19(20)28-17-12-10-16(11-13-17)15-6-2-1-3-7-15/h4-5,8-15,18,22H,1-3,6-7H2,(H,24,25)/t18-/m1/s1. The quantitative estimate of drug-likeness (QED) is 0.503. The monoisotopic (exact) mass is 417 g/mol. The first-order valence-corrected chi connectivity index (χ1v) is 11.0. The maximum atomic E-state index is 12.6. The van der Waals surface area contributed by atoms with Crippen molar-refractivity contribution in [2.24, 2.45) is 0 Å². The number of carboxylic acid groups (broad SMARTS) is 1. The van der Waals surface area contributed by atoms with E-state index in [1.165, 1.54) is 55.9 Å². The summed E-state index contributed by atoms with van der Waals surface area (Å²) in [5.74, 6) is -0.524. The molecule has 0 unspecified atom stereocenters. The average Bonchev–Trinajstić information content (AvgIpc) is 2.73. The molecule has 1 saturated carbocycles. The molecule has 0 heterocycles. The van der Waals surface area contributed by atoms with Crippen LogP contribution >= 0.6 is 0 Å². The maximum Gasteiger partial charge on any atom is 0.329 e. The lowest BCUT2D eigenvalue weighted by atomic mass is 9.84. The van der Waals surface area contributed by atoms with Crippen LogP contribution in [0.1, 0.15) is 43.6 Å². The lowest BCUT2D eigenvalue weighted by Gasteiger charge is -2.22. The molecule has 0 saturated heterocycles. The predicted octanol–water partition coefficient (Wildman–Crippen LogP) is 3.46. The van der Waals surface area contributed by atoms with Gasteiger partial charge in [0.1, 0.15) is 22.7 Å². The molecule has 154 valence electrons. The fourth-order valence-electron chi connectivity index (χ4n) is 3.49. The van der Waals surface area contributed by atoms with Crippen LogP contribution in [-0.2, 0) is 19.6 Å². The summed E-state index contributed by atoms with van der Waals surface area (Å²) in [7, 11) is -4.28. The second kappa shape index (κ2) is 9.19. The third-order valence-electron chi connectivity index (χ3n) is 5.01. The Hall–Kier alpha value is -2.71. The number of aldehydes is 1. The number of benzene rings is 2. The molecule has 0 aliphatic heterocycles. The lowest BCUT2D eigenvalue weighted by molar-refractivity contribution is -0.140. The van der Waals surface area contributed by atoms with E-state index < -0.39 is 22.0 Å². The molecule has 29 heavy (non-hydrogen) atoms. The highest BCUT2D eigenvalue weighted by Gasteiger charge is 2.27. The zero-order chi connectivity index (χ0) is 20.9. The van der Waals surface area contributed by atoms with Gasteiger partial charge in [0, 0.05) is 0 Å². The first-order valence-electron chi connectivity index (χ1n) is 9.48. The summed E-state index contributed by atoms with van der Waals surface area (Å²) >= 11 is 0. The van der Waals surface area contributed by atoms with Crippen LogP contribution in [0.2, 0.25) is 0 Å². The van der Waals surface area contributed by atoms with E-state index in [9.17, 15) is 18.0 Å². The molecule has 1 aliphatic carbocycles. The number of carboxylic acids is 1. The number of sulfonamides is 1. The van der Waals surface area contributed by atoms with Crippen molar-refractivity contribution in [2.75, 3.05) is 0 Å². The Bertz CT molecular complexity index is 965. The number of hydrogen-bond donors (Lipinski definition) is 2. The number of aliphatic carboxylic acids is 1. The van der Waals surface area contributed by atoms with E-state index in [2.05, 4.69) is 0 Å². The van der Waals surface area contributed by atoms with E-state index in [4.69, 9.17) is 9.84 Å². The Morgan fingerprint density at radius 1 is 1.07 bits per heavy atom.